The highest BCUT2D eigenvalue weighted by atomic mass is 19.4. The van der Waals surface area contributed by atoms with Crippen molar-refractivity contribution in [1.29, 1.82) is 0 Å². The van der Waals surface area contributed by atoms with E-state index in [1.807, 2.05) is 0 Å². The summed E-state index contributed by atoms with van der Waals surface area (Å²) in [6.07, 6.45) is -3.55. The van der Waals surface area contributed by atoms with Crippen LogP contribution in [-0.2, 0) is 0 Å². The normalized spacial score (nSPS) is 14.8. The maximum absolute atomic E-state index is 12.5. The number of hydrogen-bond donors (Lipinski definition) is 2. The third-order valence-corrected chi connectivity index (χ3v) is 1.39. The average molecular weight is 182 g/mol. The van der Waals surface area contributed by atoms with Gasteiger partial charge in [-0.2, -0.15) is 13.2 Å². The Morgan fingerprint density at radius 1 is 1.42 bits per heavy atom. The van der Waals surface area contributed by atoms with Gasteiger partial charge in [0.1, 0.15) is 11.9 Å². The lowest BCUT2D eigenvalue weighted by Gasteiger charge is -2.13. The highest BCUT2D eigenvalue weighted by Gasteiger charge is 2.39. The molecule has 68 valence electrons. The lowest BCUT2D eigenvalue weighted by atomic mass is 10.2. The molecular formula is C6H6F4N2. The molecule has 0 spiro atoms. The third-order valence-electron chi connectivity index (χ3n) is 1.39. The topological polar surface area (TPSA) is 41.8 Å². The number of rotatable bonds is 1. The summed E-state index contributed by atoms with van der Waals surface area (Å²) in [7, 11) is 0. The quantitative estimate of drug-likeness (QED) is 0.638. The van der Waals surface area contributed by atoms with Crippen LogP contribution in [0.15, 0.2) is 12.3 Å². The van der Waals surface area contributed by atoms with Gasteiger partial charge in [-0.3, -0.25) is 0 Å². The molecule has 0 aromatic carbocycles. The number of aromatic amines is 1. The number of H-pyrrole nitrogens is 1. The van der Waals surface area contributed by atoms with Crippen LogP contribution in [0.25, 0.3) is 0 Å². The van der Waals surface area contributed by atoms with E-state index in [0.717, 1.165) is 12.3 Å². The molecule has 1 atom stereocenters. The Morgan fingerprint density at radius 3 is 2.33 bits per heavy atom. The second-order valence-corrected chi connectivity index (χ2v) is 2.26. The van der Waals surface area contributed by atoms with Crippen LogP contribution in [0.5, 0.6) is 0 Å². The Labute approximate surface area is 65.4 Å². The number of alkyl halides is 3. The summed E-state index contributed by atoms with van der Waals surface area (Å²) in [5.74, 6) is -0.972. The molecule has 3 N–H and O–H groups in total. The molecule has 1 heterocycles. The van der Waals surface area contributed by atoms with E-state index in [2.05, 4.69) is 4.98 Å². The van der Waals surface area contributed by atoms with Gasteiger partial charge in [0.05, 0.1) is 5.69 Å². The Kier molecular flexibility index (Phi) is 2.10. The van der Waals surface area contributed by atoms with Gasteiger partial charge in [0.25, 0.3) is 0 Å². The van der Waals surface area contributed by atoms with Crippen molar-refractivity contribution < 1.29 is 17.6 Å². The van der Waals surface area contributed by atoms with Crippen LogP contribution >= 0.6 is 0 Å². The van der Waals surface area contributed by atoms with Crippen molar-refractivity contribution in [2.24, 2.45) is 5.73 Å². The molecule has 0 aliphatic heterocycles. The molecule has 1 aromatic rings. The first-order valence-electron chi connectivity index (χ1n) is 3.08. The summed E-state index contributed by atoms with van der Waals surface area (Å²) < 4.78 is 48.2. The van der Waals surface area contributed by atoms with Crippen LogP contribution in [0, 0.1) is 5.82 Å². The number of halogens is 4. The lowest BCUT2D eigenvalue weighted by Crippen LogP contribution is -2.29. The Morgan fingerprint density at radius 2 is 2.00 bits per heavy atom. The summed E-state index contributed by atoms with van der Waals surface area (Å²) in [4.78, 5) is 2.09. The van der Waals surface area contributed by atoms with Crippen LogP contribution in [0.3, 0.4) is 0 Å². The van der Waals surface area contributed by atoms with Crippen molar-refractivity contribution in [3.8, 4) is 0 Å². The lowest BCUT2D eigenvalue weighted by molar-refractivity contribution is -0.150. The Bertz CT molecular complexity index is 265. The summed E-state index contributed by atoms with van der Waals surface area (Å²) in [5, 5.41) is 0. The molecule has 1 aromatic heterocycles. The minimum Gasteiger partial charge on any atom is -0.361 e. The minimum absolute atomic E-state index is 0.637. The van der Waals surface area contributed by atoms with E-state index < -0.39 is 23.7 Å². The van der Waals surface area contributed by atoms with Crippen molar-refractivity contribution in [3.05, 3.63) is 23.8 Å². The maximum Gasteiger partial charge on any atom is 0.409 e. The molecular weight excluding hydrogens is 176 g/mol. The summed E-state index contributed by atoms with van der Waals surface area (Å²) in [6, 6.07) is -1.39. The third kappa shape index (κ3) is 1.58. The van der Waals surface area contributed by atoms with Gasteiger partial charge in [0, 0.05) is 6.20 Å². The van der Waals surface area contributed by atoms with E-state index in [0.29, 0.717) is 0 Å². The highest BCUT2D eigenvalue weighted by molar-refractivity contribution is 5.13. The zero-order chi connectivity index (χ0) is 9.35. The fourth-order valence-corrected chi connectivity index (χ4v) is 0.765. The standard InChI is InChI=1S/C6H6F4N2/c7-3-1-2-12-4(3)5(11)6(8,9)10/h1-2,5,12H,11H2. The minimum atomic E-state index is -4.62. The van der Waals surface area contributed by atoms with Crippen LogP contribution in [0.2, 0.25) is 0 Å². The molecule has 0 saturated carbocycles. The molecule has 0 amide bonds. The van der Waals surface area contributed by atoms with Gasteiger partial charge < -0.3 is 10.7 Å². The molecule has 0 saturated heterocycles. The highest BCUT2D eigenvalue weighted by Crippen LogP contribution is 2.30. The maximum atomic E-state index is 12.5. The van der Waals surface area contributed by atoms with E-state index in [-0.39, 0.29) is 0 Å². The fourth-order valence-electron chi connectivity index (χ4n) is 0.765. The van der Waals surface area contributed by atoms with Crippen molar-refractivity contribution in [1.82, 2.24) is 4.98 Å². The predicted molar refractivity (Wildman–Crippen MR) is 33.7 cm³/mol. The SMILES string of the molecule is NC(c1[nH]ccc1F)C(F)(F)F. The number of hydrogen-bond acceptors (Lipinski definition) is 1. The summed E-state index contributed by atoms with van der Waals surface area (Å²) in [6.45, 7) is 0. The fraction of sp³-hybridized carbons (Fsp3) is 0.333. The second kappa shape index (κ2) is 2.78. The molecule has 0 bridgehead atoms. The summed E-state index contributed by atoms with van der Waals surface area (Å²) >= 11 is 0. The number of aromatic nitrogens is 1. The monoisotopic (exact) mass is 182 g/mol. The number of nitrogens with one attached hydrogen (secondary N) is 1. The molecule has 0 aliphatic rings. The smallest absolute Gasteiger partial charge is 0.361 e. The largest absolute Gasteiger partial charge is 0.409 e. The molecule has 1 unspecified atom stereocenters. The zero-order valence-electron chi connectivity index (χ0n) is 5.82. The first kappa shape index (κ1) is 9.05. The Balaban J connectivity index is 2.92. The molecule has 0 radical (unpaired) electrons. The number of nitrogens with two attached hydrogens (primary N) is 1. The molecule has 12 heavy (non-hydrogen) atoms. The van der Waals surface area contributed by atoms with Gasteiger partial charge in [-0.25, -0.2) is 4.39 Å². The molecule has 6 heteroatoms. The van der Waals surface area contributed by atoms with E-state index in [9.17, 15) is 17.6 Å². The van der Waals surface area contributed by atoms with Crippen molar-refractivity contribution in [3.63, 3.8) is 0 Å². The average Bonchev–Trinajstić information content (AvgIpc) is 2.31. The van der Waals surface area contributed by atoms with Crippen LogP contribution in [0.1, 0.15) is 11.7 Å². The van der Waals surface area contributed by atoms with Crippen LogP contribution in [0.4, 0.5) is 17.6 Å². The van der Waals surface area contributed by atoms with Crippen molar-refractivity contribution in [2.45, 2.75) is 12.2 Å². The molecule has 0 aliphatic carbocycles. The molecule has 2 nitrogen and oxygen atoms in total. The predicted octanol–water partition coefficient (Wildman–Crippen LogP) is 1.72. The van der Waals surface area contributed by atoms with E-state index in [1.165, 1.54) is 0 Å². The second-order valence-electron chi connectivity index (χ2n) is 2.26. The van der Waals surface area contributed by atoms with Gasteiger partial charge in [-0.1, -0.05) is 0 Å². The molecule has 0 fully saturated rings. The molecule has 1 rings (SSSR count). The first-order valence-corrected chi connectivity index (χ1v) is 3.08. The Hall–Kier alpha value is -1.04. The van der Waals surface area contributed by atoms with Gasteiger partial charge in [0.2, 0.25) is 0 Å². The van der Waals surface area contributed by atoms with E-state index in [1.54, 1.807) is 0 Å². The van der Waals surface area contributed by atoms with Crippen molar-refractivity contribution in [2.75, 3.05) is 0 Å². The van der Waals surface area contributed by atoms with Crippen LogP contribution < -0.4 is 5.73 Å². The van der Waals surface area contributed by atoms with E-state index >= 15 is 0 Å². The van der Waals surface area contributed by atoms with Gasteiger partial charge in [0.15, 0.2) is 0 Å². The zero-order valence-corrected chi connectivity index (χ0v) is 5.82. The summed E-state index contributed by atoms with van der Waals surface area (Å²) in [5.41, 5.74) is 4.08. The van der Waals surface area contributed by atoms with Crippen LogP contribution in [-0.4, -0.2) is 11.2 Å². The van der Waals surface area contributed by atoms with Gasteiger partial charge in [-0.15, -0.1) is 0 Å². The van der Waals surface area contributed by atoms with Gasteiger partial charge in [-0.05, 0) is 6.07 Å². The van der Waals surface area contributed by atoms with E-state index in [4.69, 9.17) is 5.73 Å². The van der Waals surface area contributed by atoms with Gasteiger partial charge >= 0.3 is 6.18 Å². The van der Waals surface area contributed by atoms with Crippen molar-refractivity contribution >= 4 is 0 Å². The first-order chi connectivity index (χ1) is 5.43.